The summed E-state index contributed by atoms with van der Waals surface area (Å²) in [7, 11) is 0. The first-order valence-corrected chi connectivity index (χ1v) is 2.36. The molecule has 0 fully saturated rings. The molecule has 0 radical (unpaired) electrons. The third-order valence-electron chi connectivity index (χ3n) is 0.501. The van der Waals surface area contributed by atoms with E-state index in [4.69, 9.17) is 23.1 Å². The van der Waals surface area contributed by atoms with Crippen LogP contribution >= 0.6 is 11.6 Å². The molecule has 0 spiro atoms. The number of halogens is 1. The maximum absolute atomic E-state index is 5.25. The number of hydrogen-bond acceptors (Lipinski definition) is 2. The van der Waals surface area contributed by atoms with Crippen LogP contribution in [0.25, 0.3) is 0 Å². The van der Waals surface area contributed by atoms with Crippen LogP contribution in [0.15, 0.2) is 0 Å². The summed E-state index contributed by atoms with van der Waals surface area (Å²) in [4.78, 5) is 0. The van der Waals surface area contributed by atoms with Crippen LogP contribution in [0.3, 0.4) is 0 Å². The van der Waals surface area contributed by atoms with Crippen molar-refractivity contribution in [2.45, 2.75) is 6.04 Å². The van der Waals surface area contributed by atoms with E-state index in [-0.39, 0.29) is 6.04 Å². The average molecular weight is 109 g/mol. The van der Waals surface area contributed by atoms with Crippen molar-refractivity contribution in [3.05, 3.63) is 0 Å². The Balaban J connectivity index is 2.75. The van der Waals surface area contributed by atoms with Crippen molar-refractivity contribution in [3.63, 3.8) is 0 Å². The smallest absolute Gasteiger partial charge is 0.0387 e. The summed E-state index contributed by atoms with van der Waals surface area (Å²) in [6.07, 6.45) is 0. The minimum absolute atomic E-state index is 0.0216. The molecule has 0 saturated carbocycles. The third-order valence-corrected chi connectivity index (χ3v) is 0.897. The van der Waals surface area contributed by atoms with Gasteiger partial charge in [0.1, 0.15) is 0 Å². The van der Waals surface area contributed by atoms with Crippen molar-refractivity contribution in [1.82, 2.24) is 0 Å². The molecule has 4 N–H and O–H groups in total. The average Bonchev–Trinajstić information content (AvgIpc) is 1.65. The zero-order chi connectivity index (χ0) is 4.99. The molecule has 0 aliphatic heterocycles. The van der Waals surface area contributed by atoms with Gasteiger partial charge in [-0.25, -0.2) is 0 Å². The summed E-state index contributed by atoms with van der Waals surface area (Å²) >= 11 is 5.25. The maximum atomic E-state index is 5.25. The quantitative estimate of drug-likeness (QED) is 0.469. The molecule has 0 aliphatic rings. The van der Waals surface area contributed by atoms with Gasteiger partial charge in [0.15, 0.2) is 0 Å². The van der Waals surface area contributed by atoms with Crippen molar-refractivity contribution in [2.75, 3.05) is 12.4 Å². The van der Waals surface area contributed by atoms with Crippen LogP contribution in [-0.2, 0) is 0 Å². The summed E-state index contributed by atoms with van der Waals surface area (Å²) < 4.78 is 0. The predicted molar refractivity (Wildman–Crippen MR) is 27.7 cm³/mol. The van der Waals surface area contributed by atoms with E-state index >= 15 is 0 Å². The SMILES string of the molecule is NCC(N)CCl. The van der Waals surface area contributed by atoms with E-state index in [9.17, 15) is 0 Å². The molecular formula is C3H9ClN2. The topological polar surface area (TPSA) is 52.0 Å². The van der Waals surface area contributed by atoms with Crippen LogP contribution in [0, 0.1) is 0 Å². The second kappa shape index (κ2) is 3.40. The van der Waals surface area contributed by atoms with Crippen LogP contribution in [0.2, 0.25) is 0 Å². The zero-order valence-corrected chi connectivity index (χ0v) is 4.28. The van der Waals surface area contributed by atoms with E-state index in [1.807, 2.05) is 0 Å². The highest BCUT2D eigenvalue weighted by molar-refractivity contribution is 6.18. The third kappa shape index (κ3) is 2.45. The van der Waals surface area contributed by atoms with Gasteiger partial charge in [0.25, 0.3) is 0 Å². The Labute approximate surface area is 42.5 Å². The molecule has 1 unspecified atom stereocenters. The highest BCUT2D eigenvalue weighted by Gasteiger charge is 1.90. The van der Waals surface area contributed by atoms with Gasteiger partial charge in [-0.2, -0.15) is 0 Å². The first kappa shape index (κ1) is 6.21. The Morgan fingerprint density at radius 3 is 2.17 bits per heavy atom. The molecule has 3 heteroatoms. The Bertz CT molecular complexity index is 28.0. The van der Waals surface area contributed by atoms with Crippen molar-refractivity contribution in [2.24, 2.45) is 11.5 Å². The van der Waals surface area contributed by atoms with Gasteiger partial charge in [-0.15, -0.1) is 11.6 Å². The van der Waals surface area contributed by atoms with Crippen molar-refractivity contribution in [1.29, 1.82) is 0 Å². The molecule has 0 aliphatic carbocycles. The van der Waals surface area contributed by atoms with Crippen molar-refractivity contribution in [3.8, 4) is 0 Å². The van der Waals surface area contributed by atoms with Gasteiger partial charge >= 0.3 is 0 Å². The molecule has 1 atom stereocenters. The lowest BCUT2D eigenvalue weighted by atomic mass is 10.4. The van der Waals surface area contributed by atoms with E-state index in [1.54, 1.807) is 0 Å². The van der Waals surface area contributed by atoms with Crippen LogP contribution in [0.1, 0.15) is 0 Å². The number of nitrogens with two attached hydrogens (primary N) is 2. The summed E-state index contributed by atoms with van der Waals surface area (Å²) in [5.41, 5.74) is 10.3. The van der Waals surface area contributed by atoms with Gasteiger partial charge < -0.3 is 11.5 Å². The van der Waals surface area contributed by atoms with E-state index in [1.165, 1.54) is 0 Å². The Morgan fingerprint density at radius 2 is 2.17 bits per heavy atom. The second-order valence-corrected chi connectivity index (χ2v) is 1.46. The lowest BCUT2D eigenvalue weighted by molar-refractivity contribution is 0.759. The fraction of sp³-hybridized carbons (Fsp3) is 1.00. The number of alkyl halides is 1. The zero-order valence-electron chi connectivity index (χ0n) is 3.52. The van der Waals surface area contributed by atoms with Gasteiger partial charge in [0.05, 0.1) is 0 Å². The van der Waals surface area contributed by atoms with Crippen LogP contribution in [0.4, 0.5) is 0 Å². The molecule has 0 aromatic heterocycles. The lowest BCUT2D eigenvalue weighted by Gasteiger charge is -1.98. The first-order chi connectivity index (χ1) is 2.81. The predicted octanol–water partition coefficient (Wildman–Crippen LogP) is -0.489. The minimum atomic E-state index is -0.0216. The fourth-order valence-electron chi connectivity index (χ4n) is 0.0630. The van der Waals surface area contributed by atoms with Crippen molar-refractivity contribution >= 4 is 11.6 Å². The molecule has 0 amide bonds. The molecule has 0 aromatic rings. The van der Waals surface area contributed by atoms with E-state index in [2.05, 4.69) is 0 Å². The van der Waals surface area contributed by atoms with Crippen LogP contribution < -0.4 is 11.5 Å². The first-order valence-electron chi connectivity index (χ1n) is 1.83. The van der Waals surface area contributed by atoms with Gasteiger partial charge in [0.2, 0.25) is 0 Å². The molecular weight excluding hydrogens is 99.5 g/mol. The molecule has 0 saturated heterocycles. The fourth-order valence-corrected chi connectivity index (χ4v) is 0.189. The van der Waals surface area contributed by atoms with E-state index < -0.39 is 0 Å². The monoisotopic (exact) mass is 108 g/mol. The molecule has 0 rings (SSSR count). The molecule has 38 valence electrons. The minimum Gasteiger partial charge on any atom is -0.329 e. The Kier molecular flexibility index (Phi) is 3.52. The lowest BCUT2D eigenvalue weighted by Crippen LogP contribution is -2.30. The highest BCUT2D eigenvalue weighted by Crippen LogP contribution is 1.76. The molecule has 2 nitrogen and oxygen atoms in total. The van der Waals surface area contributed by atoms with Gasteiger partial charge in [-0.05, 0) is 0 Å². The summed E-state index contributed by atoms with van der Waals surface area (Å²) in [6, 6.07) is -0.0216. The molecule has 6 heavy (non-hydrogen) atoms. The number of hydrogen-bond donors (Lipinski definition) is 2. The summed E-state index contributed by atoms with van der Waals surface area (Å²) in [5.74, 6) is 0.455. The summed E-state index contributed by atoms with van der Waals surface area (Å²) in [6.45, 7) is 0.476. The maximum Gasteiger partial charge on any atom is 0.0387 e. The standard InChI is InChI=1S/C3H9ClN2/c4-1-3(6)2-5/h3H,1-2,5-6H2. The largest absolute Gasteiger partial charge is 0.329 e. The van der Waals surface area contributed by atoms with Crippen LogP contribution in [0.5, 0.6) is 0 Å². The van der Waals surface area contributed by atoms with Crippen molar-refractivity contribution < 1.29 is 0 Å². The Hall–Kier alpha value is 0.210. The van der Waals surface area contributed by atoms with Crippen LogP contribution in [-0.4, -0.2) is 18.5 Å². The van der Waals surface area contributed by atoms with Gasteiger partial charge in [-0.1, -0.05) is 0 Å². The molecule has 0 heterocycles. The highest BCUT2D eigenvalue weighted by atomic mass is 35.5. The normalized spacial score (nSPS) is 14.5. The van der Waals surface area contributed by atoms with E-state index in [0.717, 1.165) is 0 Å². The van der Waals surface area contributed by atoms with E-state index in [0.29, 0.717) is 12.4 Å². The molecule has 0 bridgehead atoms. The molecule has 0 aromatic carbocycles. The summed E-state index contributed by atoms with van der Waals surface area (Å²) in [5, 5.41) is 0. The second-order valence-electron chi connectivity index (χ2n) is 1.15. The van der Waals surface area contributed by atoms with Gasteiger partial charge in [-0.3, -0.25) is 0 Å². The Morgan fingerprint density at radius 1 is 1.67 bits per heavy atom. The van der Waals surface area contributed by atoms with Gasteiger partial charge in [0, 0.05) is 18.5 Å². The number of rotatable bonds is 2.